The fourth-order valence-corrected chi connectivity index (χ4v) is 1.28. The van der Waals surface area contributed by atoms with Crippen molar-refractivity contribution in [2.24, 2.45) is 0 Å². The Bertz CT molecular complexity index is 335. The third kappa shape index (κ3) is 6.28. The van der Waals surface area contributed by atoms with Gasteiger partial charge < -0.3 is 5.32 Å². The molecule has 0 aliphatic rings. The first-order valence-electron chi connectivity index (χ1n) is 5.36. The van der Waals surface area contributed by atoms with E-state index in [4.69, 9.17) is 0 Å². The van der Waals surface area contributed by atoms with E-state index in [1.54, 1.807) is 6.92 Å². The van der Waals surface area contributed by atoms with Crippen LogP contribution in [0, 0.1) is 6.92 Å². The van der Waals surface area contributed by atoms with E-state index in [2.05, 4.69) is 10.1 Å². The summed E-state index contributed by atoms with van der Waals surface area (Å²) in [4.78, 5) is 0. The molecule has 17 heavy (non-hydrogen) atoms. The predicted molar refractivity (Wildman–Crippen MR) is 59.5 cm³/mol. The Morgan fingerprint density at radius 2 is 1.82 bits per heavy atom. The topological polar surface area (TPSA) is 21.3 Å². The van der Waals surface area contributed by atoms with Crippen molar-refractivity contribution in [3.63, 3.8) is 0 Å². The van der Waals surface area contributed by atoms with Gasteiger partial charge in [0.25, 0.3) is 0 Å². The number of rotatable bonds is 5. The fraction of sp³-hybridized carbons (Fsp3) is 0.500. The van der Waals surface area contributed by atoms with Gasteiger partial charge in [-0.3, -0.25) is 4.74 Å². The fourth-order valence-electron chi connectivity index (χ4n) is 1.28. The van der Waals surface area contributed by atoms with Gasteiger partial charge in [-0.05, 0) is 19.4 Å². The largest absolute Gasteiger partial charge is 0.522 e. The van der Waals surface area contributed by atoms with Gasteiger partial charge in [0.2, 0.25) is 0 Å². The molecule has 0 radical (unpaired) electrons. The molecule has 0 saturated carbocycles. The van der Waals surface area contributed by atoms with Gasteiger partial charge in [-0.1, -0.05) is 29.8 Å². The zero-order valence-corrected chi connectivity index (χ0v) is 9.84. The lowest BCUT2D eigenvalue weighted by atomic mass is 10.1. The van der Waals surface area contributed by atoms with E-state index in [-0.39, 0.29) is 12.6 Å². The van der Waals surface area contributed by atoms with Gasteiger partial charge >= 0.3 is 6.36 Å². The zero-order chi connectivity index (χ0) is 12.9. The quantitative estimate of drug-likeness (QED) is 0.863. The van der Waals surface area contributed by atoms with E-state index >= 15 is 0 Å². The van der Waals surface area contributed by atoms with Crippen molar-refractivity contribution >= 4 is 0 Å². The van der Waals surface area contributed by atoms with E-state index in [0.29, 0.717) is 6.54 Å². The van der Waals surface area contributed by atoms with Crippen LogP contribution in [0.25, 0.3) is 0 Å². The smallest absolute Gasteiger partial charge is 0.308 e. The Balaban J connectivity index is 2.28. The molecule has 0 fully saturated rings. The van der Waals surface area contributed by atoms with E-state index in [1.165, 1.54) is 0 Å². The number of aryl methyl sites for hydroxylation is 1. The Labute approximate surface area is 98.8 Å². The maximum atomic E-state index is 11.8. The molecule has 1 aromatic rings. The summed E-state index contributed by atoms with van der Waals surface area (Å²) >= 11 is 0. The van der Waals surface area contributed by atoms with Gasteiger partial charge in [0.15, 0.2) is 0 Å². The summed E-state index contributed by atoms with van der Waals surface area (Å²) in [6, 6.07) is 7.47. The van der Waals surface area contributed by atoms with Crippen LogP contribution in [0.1, 0.15) is 18.1 Å². The minimum atomic E-state index is -4.56. The van der Waals surface area contributed by atoms with Crippen LogP contribution >= 0.6 is 0 Å². The van der Waals surface area contributed by atoms with Gasteiger partial charge in [0, 0.05) is 12.6 Å². The van der Waals surface area contributed by atoms with E-state index in [0.717, 1.165) is 11.1 Å². The molecule has 0 saturated heterocycles. The Morgan fingerprint density at radius 3 is 2.35 bits per heavy atom. The predicted octanol–water partition coefficient (Wildman–Crippen LogP) is 3.01. The molecule has 96 valence electrons. The zero-order valence-electron chi connectivity index (χ0n) is 9.84. The lowest BCUT2D eigenvalue weighted by Gasteiger charge is -2.15. The average molecular weight is 247 g/mol. The summed E-state index contributed by atoms with van der Waals surface area (Å²) < 4.78 is 39.1. The molecule has 0 aliphatic heterocycles. The number of alkyl halides is 3. The third-order valence-corrected chi connectivity index (χ3v) is 2.27. The van der Waals surface area contributed by atoms with Crippen molar-refractivity contribution in [1.82, 2.24) is 5.32 Å². The van der Waals surface area contributed by atoms with Crippen LogP contribution in [-0.4, -0.2) is 19.0 Å². The Morgan fingerprint density at radius 1 is 1.24 bits per heavy atom. The van der Waals surface area contributed by atoms with Crippen molar-refractivity contribution in [3.8, 4) is 0 Å². The summed E-state index contributed by atoms with van der Waals surface area (Å²) in [6.45, 7) is 3.79. The highest BCUT2D eigenvalue weighted by Gasteiger charge is 2.29. The van der Waals surface area contributed by atoms with E-state index in [1.807, 2.05) is 31.2 Å². The Hall–Kier alpha value is -1.07. The SMILES string of the molecule is Cc1ccc(CNC(C)COC(F)(F)F)cc1. The van der Waals surface area contributed by atoms with Crippen LogP contribution in [0.15, 0.2) is 24.3 Å². The first-order chi connectivity index (χ1) is 7.87. The van der Waals surface area contributed by atoms with Crippen molar-refractivity contribution in [3.05, 3.63) is 35.4 Å². The van der Waals surface area contributed by atoms with Crippen LogP contribution < -0.4 is 5.32 Å². The standard InChI is InChI=1S/C12H16F3NO/c1-9-3-5-11(6-4-9)7-16-10(2)8-17-12(13,14)15/h3-6,10,16H,7-8H2,1-2H3. The monoisotopic (exact) mass is 247 g/mol. The molecule has 1 rings (SSSR count). The number of hydrogen-bond donors (Lipinski definition) is 1. The molecule has 0 spiro atoms. The Kier molecular flexibility index (Phi) is 4.96. The molecule has 0 heterocycles. The highest BCUT2D eigenvalue weighted by Crippen LogP contribution is 2.16. The van der Waals surface area contributed by atoms with Crippen LogP contribution in [0.3, 0.4) is 0 Å². The molecule has 0 aromatic heterocycles. The van der Waals surface area contributed by atoms with Gasteiger partial charge in [-0.2, -0.15) is 0 Å². The molecule has 1 atom stereocenters. The summed E-state index contributed by atoms with van der Waals surface area (Å²) in [5.41, 5.74) is 2.19. The molecule has 1 aromatic carbocycles. The van der Waals surface area contributed by atoms with Crippen LogP contribution in [-0.2, 0) is 11.3 Å². The highest BCUT2D eigenvalue weighted by molar-refractivity contribution is 5.21. The number of halogens is 3. The third-order valence-electron chi connectivity index (χ3n) is 2.27. The molecule has 1 unspecified atom stereocenters. The minimum Gasteiger partial charge on any atom is -0.308 e. The number of benzene rings is 1. The van der Waals surface area contributed by atoms with Gasteiger partial charge in [-0.15, -0.1) is 13.2 Å². The van der Waals surface area contributed by atoms with Gasteiger partial charge in [0.1, 0.15) is 0 Å². The first-order valence-corrected chi connectivity index (χ1v) is 5.36. The summed E-state index contributed by atoms with van der Waals surface area (Å²) in [7, 11) is 0. The first kappa shape index (κ1) is 14.0. The molecular weight excluding hydrogens is 231 g/mol. The second-order valence-corrected chi connectivity index (χ2v) is 4.02. The molecular formula is C12H16F3NO. The van der Waals surface area contributed by atoms with Crippen molar-refractivity contribution < 1.29 is 17.9 Å². The maximum Gasteiger partial charge on any atom is 0.522 e. The summed E-state index contributed by atoms with van der Waals surface area (Å²) in [5, 5.41) is 2.97. The number of hydrogen-bond acceptors (Lipinski definition) is 2. The summed E-state index contributed by atoms with van der Waals surface area (Å²) in [5.74, 6) is 0. The van der Waals surface area contributed by atoms with Gasteiger partial charge in [-0.25, -0.2) is 0 Å². The van der Waals surface area contributed by atoms with Crippen molar-refractivity contribution in [2.75, 3.05) is 6.61 Å². The number of nitrogens with one attached hydrogen (secondary N) is 1. The van der Waals surface area contributed by atoms with Crippen molar-refractivity contribution in [1.29, 1.82) is 0 Å². The van der Waals surface area contributed by atoms with E-state index in [9.17, 15) is 13.2 Å². The second-order valence-electron chi connectivity index (χ2n) is 4.02. The molecule has 0 bridgehead atoms. The molecule has 5 heteroatoms. The van der Waals surface area contributed by atoms with Crippen LogP contribution in [0.2, 0.25) is 0 Å². The highest BCUT2D eigenvalue weighted by atomic mass is 19.4. The lowest BCUT2D eigenvalue weighted by Crippen LogP contribution is -2.32. The average Bonchev–Trinajstić information content (AvgIpc) is 2.25. The molecule has 1 N–H and O–H groups in total. The van der Waals surface area contributed by atoms with E-state index < -0.39 is 6.36 Å². The van der Waals surface area contributed by atoms with Gasteiger partial charge in [0.05, 0.1) is 6.61 Å². The van der Waals surface area contributed by atoms with Crippen LogP contribution in [0.5, 0.6) is 0 Å². The molecule has 0 amide bonds. The second kappa shape index (κ2) is 6.02. The normalized spacial score (nSPS) is 13.7. The van der Waals surface area contributed by atoms with Crippen molar-refractivity contribution in [2.45, 2.75) is 32.8 Å². The number of ether oxygens (including phenoxy) is 1. The minimum absolute atomic E-state index is 0.349. The molecule has 0 aliphatic carbocycles. The van der Waals surface area contributed by atoms with Crippen LogP contribution in [0.4, 0.5) is 13.2 Å². The lowest BCUT2D eigenvalue weighted by molar-refractivity contribution is -0.326. The summed E-state index contributed by atoms with van der Waals surface area (Å²) in [6.07, 6.45) is -4.56. The molecule has 2 nitrogen and oxygen atoms in total. The maximum absolute atomic E-state index is 11.8.